The number of carbonyl (C=O) groups excluding carboxylic acids is 1. The molecule has 0 saturated carbocycles. The molecule has 0 aliphatic carbocycles. The SMILES string of the molecule is C=CCNS(=O)(=O)c1cccc(C(=O)N2CCC(c3noc(=O)[nH]3)C2)c1. The molecule has 2 aromatic rings. The van der Waals surface area contributed by atoms with Crippen molar-refractivity contribution < 1.29 is 17.7 Å². The molecule has 3 rings (SSSR count). The maximum atomic E-state index is 12.7. The van der Waals surface area contributed by atoms with Crippen LogP contribution in [0.15, 0.2) is 51.1 Å². The molecule has 1 aliphatic heterocycles. The summed E-state index contributed by atoms with van der Waals surface area (Å²) in [5, 5.41) is 3.66. The number of nitrogens with one attached hydrogen (secondary N) is 2. The number of hydrogen-bond acceptors (Lipinski definition) is 6. The standard InChI is InChI=1S/C16H18N4O5S/c1-2-7-17-26(23,24)13-5-3-4-11(9-13)15(21)20-8-6-12(10-20)14-18-16(22)25-19-14/h2-5,9,12,17H,1,6-8,10H2,(H,18,19,22). The monoisotopic (exact) mass is 378 g/mol. The Labute approximate surface area is 149 Å². The molecule has 1 aromatic heterocycles. The number of benzene rings is 1. The summed E-state index contributed by atoms with van der Waals surface area (Å²) in [7, 11) is -3.71. The Balaban J connectivity index is 1.75. The highest BCUT2D eigenvalue weighted by Gasteiger charge is 2.30. The van der Waals surface area contributed by atoms with Crippen LogP contribution in [-0.2, 0) is 10.0 Å². The zero-order valence-electron chi connectivity index (χ0n) is 13.8. The molecular weight excluding hydrogens is 360 g/mol. The van der Waals surface area contributed by atoms with Crippen LogP contribution in [0.5, 0.6) is 0 Å². The van der Waals surface area contributed by atoms with Crippen molar-refractivity contribution in [2.75, 3.05) is 19.6 Å². The van der Waals surface area contributed by atoms with Crippen LogP contribution in [0, 0.1) is 0 Å². The average Bonchev–Trinajstić information content (AvgIpc) is 3.28. The Kier molecular flexibility index (Phi) is 5.05. The molecule has 0 radical (unpaired) electrons. The second kappa shape index (κ2) is 7.26. The first-order chi connectivity index (χ1) is 12.4. The van der Waals surface area contributed by atoms with Gasteiger partial charge in [0.15, 0.2) is 5.82 Å². The topological polar surface area (TPSA) is 125 Å². The van der Waals surface area contributed by atoms with Crippen LogP contribution in [0.1, 0.15) is 28.5 Å². The number of sulfonamides is 1. The van der Waals surface area contributed by atoms with Crippen LogP contribution in [0.2, 0.25) is 0 Å². The fourth-order valence-electron chi connectivity index (χ4n) is 2.82. The molecule has 138 valence electrons. The van der Waals surface area contributed by atoms with E-state index in [-0.39, 0.29) is 28.8 Å². The molecule has 1 amide bonds. The fourth-order valence-corrected chi connectivity index (χ4v) is 3.86. The van der Waals surface area contributed by atoms with Gasteiger partial charge in [-0.25, -0.2) is 17.9 Å². The van der Waals surface area contributed by atoms with E-state index in [2.05, 4.69) is 26.0 Å². The molecule has 1 fully saturated rings. The first kappa shape index (κ1) is 18.1. The molecule has 26 heavy (non-hydrogen) atoms. The van der Waals surface area contributed by atoms with Crippen LogP contribution in [0.4, 0.5) is 0 Å². The van der Waals surface area contributed by atoms with Gasteiger partial charge in [-0.05, 0) is 24.6 Å². The highest BCUT2D eigenvalue weighted by Crippen LogP contribution is 2.25. The summed E-state index contributed by atoms with van der Waals surface area (Å²) in [6.45, 7) is 4.41. The van der Waals surface area contributed by atoms with Crippen LogP contribution >= 0.6 is 0 Å². The van der Waals surface area contributed by atoms with Gasteiger partial charge < -0.3 is 4.90 Å². The third-order valence-corrected chi connectivity index (χ3v) is 5.55. The lowest BCUT2D eigenvalue weighted by Crippen LogP contribution is -2.29. The summed E-state index contributed by atoms with van der Waals surface area (Å²) in [6.07, 6.45) is 2.07. The minimum absolute atomic E-state index is 0.0155. The van der Waals surface area contributed by atoms with E-state index in [1.54, 1.807) is 11.0 Å². The zero-order valence-corrected chi connectivity index (χ0v) is 14.7. The van der Waals surface area contributed by atoms with Crippen molar-refractivity contribution >= 4 is 15.9 Å². The number of likely N-dealkylation sites (tertiary alicyclic amines) is 1. The van der Waals surface area contributed by atoms with Crippen molar-refractivity contribution in [3.05, 3.63) is 58.9 Å². The molecule has 2 N–H and O–H groups in total. The van der Waals surface area contributed by atoms with Gasteiger partial charge in [-0.2, -0.15) is 0 Å². The highest BCUT2D eigenvalue weighted by atomic mass is 32.2. The van der Waals surface area contributed by atoms with E-state index in [0.29, 0.717) is 25.3 Å². The highest BCUT2D eigenvalue weighted by molar-refractivity contribution is 7.89. The van der Waals surface area contributed by atoms with Gasteiger partial charge >= 0.3 is 5.76 Å². The molecule has 9 nitrogen and oxygen atoms in total. The summed E-state index contributed by atoms with van der Waals surface area (Å²) >= 11 is 0. The number of aromatic amines is 1. The Morgan fingerprint density at radius 3 is 3.00 bits per heavy atom. The predicted molar refractivity (Wildman–Crippen MR) is 92.2 cm³/mol. The largest absolute Gasteiger partial charge is 0.438 e. The lowest BCUT2D eigenvalue weighted by molar-refractivity contribution is 0.0790. The third kappa shape index (κ3) is 3.75. The number of aromatic nitrogens is 2. The Morgan fingerprint density at radius 1 is 1.50 bits per heavy atom. The van der Waals surface area contributed by atoms with Crippen LogP contribution < -0.4 is 10.5 Å². The molecule has 1 aromatic carbocycles. The van der Waals surface area contributed by atoms with Gasteiger partial charge in [-0.1, -0.05) is 17.3 Å². The van der Waals surface area contributed by atoms with Gasteiger partial charge in [0, 0.05) is 31.1 Å². The van der Waals surface area contributed by atoms with Gasteiger partial charge in [-0.3, -0.25) is 14.3 Å². The maximum Gasteiger partial charge on any atom is 0.438 e. The molecule has 10 heteroatoms. The molecule has 0 spiro atoms. The molecule has 1 saturated heterocycles. The quantitative estimate of drug-likeness (QED) is 0.703. The molecule has 1 unspecified atom stereocenters. The van der Waals surface area contributed by atoms with Gasteiger partial charge in [0.1, 0.15) is 0 Å². The Morgan fingerprint density at radius 2 is 2.31 bits per heavy atom. The molecule has 1 atom stereocenters. The van der Waals surface area contributed by atoms with Gasteiger partial charge in [0.25, 0.3) is 5.91 Å². The number of rotatable bonds is 6. The van der Waals surface area contributed by atoms with Crippen LogP contribution in [-0.4, -0.2) is 49.0 Å². The summed E-state index contributed by atoms with van der Waals surface area (Å²) in [5.41, 5.74) is 0.278. The molecule has 1 aliphatic rings. The maximum absolute atomic E-state index is 12.7. The van der Waals surface area contributed by atoms with Gasteiger partial charge in [0.05, 0.1) is 4.90 Å². The van der Waals surface area contributed by atoms with Crippen molar-refractivity contribution in [2.45, 2.75) is 17.2 Å². The smallest absolute Gasteiger partial charge is 0.338 e. The van der Waals surface area contributed by atoms with Crippen molar-refractivity contribution in [3.63, 3.8) is 0 Å². The predicted octanol–water partition coefficient (Wildman–Crippen LogP) is 0.457. The minimum Gasteiger partial charge on any atom is -0.338 e. The van der Waals surface area contributed by atoms with E-state index in [4.69, 9.17) is 0 Å². The van der Waals surface area contributed by atoms with E-state index in [1.807, 2.05) is 0 Å². The van der Waals surface area contributed by atoms with Crippen molar-refractivity contribution in [2.24, 2.45) is 0 Å². The first-order valence-electron chi connectivity index (χ1n) is 7.96. The lowest BCUT2D eigenvalue weighted by Gasteiger charge is -2.16. The normalized spacial score (nSPS) is 17.4. The summed E-state index contributed by atoms with van der Waals surface area (Å²) < 4.78 is 31.2. The summed E-state index contributed by atoms with van der Waals surface area (Å²) in [5.74, 6) is -0.615. The van der Waals surface area contributed by atoms with E-state index >= 15 is 0 Å². The average molecular weight is 378 g/mol. The number of carbonyl (C=O) groups is 1. The number of hydrogen-bond donors (Lipinski definition) is 2. The van der Waals surface area contributed by atoms with Gasteiger partial charge in [-0.15, -0.1) is 6.58 Å². The number of nitrogens with zero attached hydrogens (tertiary/aromatic N) is 2. The van der Waals surface area contributed by atoms with Crippen molar-refractivity contribution in [3.8, 4) is 0 Å². The summed E-state index contributed by atoms with van der Waals surface area (Å²) in [4.78, 5) is 27.9. The van der Waals surface area contributed by atoms with E-state index in [0.717, 1.165) is 0 Å². The van der Waals surface area contributed by atoms with Crippen LogP contribution in [0.25, 0.3) is 0 Å². The summed E-state index contributed by atoms with van der Waals surface area (Å²) in [6, 6.07) is 5.87. The van der Waals surface area contributed by atoms with Gasteiger partial charge in [0.2, 0.25) is 10.0 Å². The minimum atomic E-state index is -3.71. The Hall–Kier alpha value is -2.72. The first-order valence-corrected chi connectivity index (χ1v) is 9.45. The fraction of sp³-hybridized carbons (Fsp3) is 0.312. The second-order valence-corrected chi connectivity index (χ2v) is 7.65. The van der Waals surface area contributed by atoms with E-state index < -0.39 is 15.8 Å². The zero-order chi connectivity index (χ0) is 18.7. The van der Waals surface area contributed by atoms with E-state index in [1.165, 1.54) is 24.3 Å². The molecular formula is C16H18N4O5S. The lowest BCUT2D eigenvalue weighted by atomic mass is 10.1. The third-order valence-electron chi connectivity index (χ3n) is 4.13. The van der Waals surface area contributed by atoms with Crippen LogP contribution in [0.3, 0.4) is 0 Å². The van der Waals surface area contributed by atoms with Crippen molar-refractivity contribution in [1.82, 2.24) is 19.8 Å². The number of amides is 1. The van der Waals surface area contributed by atoms with Crippen molar-refractivity contribution in [1.29, 1.82) is 0 Å². The molecule has 0 bridgehead atoms. The number of H-pyrrole nitrogens is 1. The second-order valence-electron chi connectivity index (χ2n) is 5.89. The van der Waals surface area contributed by atoms with E-state index in [9.17, 15) is 18.0 Å². The molecule has 2 heterocycles. The Bertz CT molecular complexity index is 978.